The lowest BCUT2D eigenvalue weighted by Crippen LogP contribution is -2.24. The monoisotopic (exact) mass is 914 g/mol. The second kappa shape index (κ2) is 17.4. The van der Waals surface area contributed by atoms with Gasteiger partial charge in [0.05, 0.1) is 70.1 Å². The summed E-state index contributed by atoms with van der Waals surface area (Å²) < 4.78 is 26.0. The maximum atomic E-state index is 13.7. The van der Waals surface area contributed by atoms with E-state index in [2.05, 4.69) is 10.4 Å². The molecule has 7 heterocycles. The van der Waals surface area contributed by atoms with E-state index in [9.17, 15) is 14.4 Å². The lowest BCUT2D eigenvalue weighted by molar-refractivity contribution is -0.116. The van der Waals surface area contributed by atoms with Crippen LogP contribution in [0.1, 0.15) is 60.5 Å². The number of fused-ring (bicyclic) bond motifs is 4. The van der Waals surface area contributed by atoms with Crippen LogP contribution in [-0.2, 0) is 17.9 Å². The molecule has 6 aromatic heterocycles. The summed E-state index contributed by atoms with van der Waals surface area (Å²) in [5.41, 5.74) is 4.90. The van der Waals surface area contributed by atoms with Crippen molar-refractivity contribution in [3.05, 3.63) is 177 Å². The minimum Gasteiger partial charge on any atom is -0.493 e. The largest absolute Gasteiger partial charge is 0.493 e. The summed E-state index contributed by atoms with van der Waals surface area (Å²) in [4.78, 5) is 48.7. The molecular formula is C50H42N8O6S2. The van der Waals surface area contributed by atoms with Crippen LogP contribution < -0.4 is 25.9 Å². The van der Waals surface area contributed by atoms with Crippen LogP contribution in [0.2, 0.25) is 0 Å². The van der Waals surface area contributed by atoms with Gasteiger partial charge in [-0.15, -0.1) is 0 Å². The number of amides is 1. The van der Waals surface area contributed by atoms with Gasteiger partial charge in [-0.3, -0.25) is 19.1 Å². The van der Waals surface area contributed by atoms with E-state index in [0.717, 1.165) is 60.8 Å². The Labute approximate surface area is 384 Å². The Balaban J connectivity index is 0.000000146. The standard InChI is InChI=1S/C25H24N4O3S.C25H18N4O3S/c1-31-21-12-15(10-11-20(21)32-16-6-2-3-7-16)17-13-23(30)28-24-18(17)14-26-29(24)25-27-19-8-4-5-9-22(19)33-25;30-23-13-21-19(16-27(23)15-18-9-6-12-32-18)24(31)29(28(21)14-17-7-2-1-3-8-17)25-26-20-10-4-5-11-22(20)33-25/h4-5,8-12,14,16-17H,2-3,6-7,13H2,1H3,(H,28,30);1-13,16H,14-15H2. The van der Waals surface area contributed by atoms with Crippen LogP contribution in [0.3, 0.4) is 0 Å². The van der Waals surface area contributed by atoms with Gasteiger partial charge in [-0.1, -0.05) is 83.3 Å². The maximum Gasteiger partial charge on any atom is 0.282 e. The molecule has 0 bridgehead atoms. The fraction of sp³-hybridized carbons (Fsp3) is 0.200. The Morgan fingerprint density at radius 3 is 2.24 bits per heavy atom. The van der Waals surface area contributed by atoms with Crippen molar-refractivity contribution in [3.63, 3.8) is 0 Å². The number of aromatic nitrogens is 7. The smallest absolute Gasteiger partial charge is 0.282 e. The van der Waals surface area contributed by atoms with E-state index in [4.69, 9.17) is 23.9 Å². The van der Waals surface area contributed by atoms with Crippen LogP contribution in [0.15, 0.2) is 148 Å². The van der Waals surface area contributed by atoms with Gasteiger partial charge in [0.25, 0.3) is 11.1 Å². The van der Waals surface area contributed by atoms with Crippen molar-refractivity contribution in [1.82, 2.24) is 33.7 Å². The normalized spacial score (nSPS) is 14.9. The first-order valence-corrected chi connectivity index (χ1v) is 23.4. The van der Waals surface area contributed by atoms with Crippen LogP contribution in [0, 0.1) is 0 Å². The number of furan rings is 1. The number of hydrogen-bond donors (Lipinski definition) is 1. The topological polar surface area (TPSA) is 153 Å². The zero-order valence-electron chi connectivity index (χ0n) is 35.7. The molecule has 4 aromatic carbocycles. The van der Waals surface area contributed by atoms with Crippen molar-refractivity contribution in [2.24, 2.45) is 0 Å². The van der Waals surface area contributed by atoms with Crippen molar-refractivity contribution < 1.29 is 18.7 Å². The van der Waals surface area contributed by atoms with Gasteiger partial charge in [-0.2, -0.15) is 14.5 Å². The number of nitrogens with zero attached hydrogens (tertiary/aromatic N) is 7. The van der Waals surface area contributed by atoms with Gasteiger partial charge in [0.2, 0.25) is 16.2 Å². The zero-order chi connectivity index (χ0) is 44.7. The lowest BCUT2D eigenvalue weighted by Gasteiger charge is -2.24. The molecule has 1 amide bonds. The summed E-state index contributed by atoms with van der Waals surface area (Å²) in [6.45, 7) is 0.684. The number of anilines is 1. The van der Waals surface area contributed by atoms with E-state index in [-0.39, 0.29) is 35.6 Å². The predicted molar refractivity (Wildman–Crippen MR) is 256 cm³/mol. The Morgan fingerprint density at radius 2 is 1.52 bits per heavy atom. The average molecular weight is 915 g/mol. The third-order valence-electron chi connectivity index (χ3n) is 12.1. The number of carbonyl (C=O) groups is 1. The first-order chi connectivity index (χ1) is 32.4. The molecule has 10 aromatic rings. The molecule has 330 valence electrons. The molecule has 1 atom stereocenters. The van der Waals surface area contributed by atoms with Crippen LogP contribution in [0.5, 0.6) is 11.5 Å². The molecule has 2 aliphatic rings. The number of carbonyl (C=O) groups excluding carboxylic acids is 1. The summed E-state index contributed by atoms with van der Waals surface area (Å²) in [6, 6.07) is 36.7. The first-order valence-electron chi connectivity index (χ1n) is 21.7. The van der Waals surface area contributed by atoms with Crippen LogP contribution in [0.25, 0.3) is 41.6 Å². The molecule has 1 saturated carbocycles. The minimum absolute atomic E-state index is 0.0411. The highest BCUT2D eigenvalue weighted by molar-refractivity contribution is 7.21. The van der Waals surface area contributed by atoms with Gasteiger partial charge in [0.1, 0.15) is 11.6 Å². The SMILES string of the molecule is COc1cc(C2CC(=O)Nc3c2cnn3-c2nc3ccccc3s2)ccc1OC1CCCC1.O=c1cc2c(cn1Cc1ccco1)c(=O)n(-c1nc3ccccc3s1)n2Cc1ccccc1. The minimum atomic E-state index is -0.215. The molecule has 66 heavy (non-hydrogen) atoms. The number of methoxy groups -OCH3 is 1. The Bertz CT molecular complexity index is 3440. The third kappa shape index (κ3) is 7.87. The third-order valence-corrected chi connectivity index (χ3v) is 14.1. The Morgan fingerprint density at radius 1 is 0.788 bits per heavy atom. The summed E-state index contributed by atoms with van der Waals surface area (Å²) in [5.74, 6) is 2.63. The van der Waals surface area contributed by atoms with Gasteiger partial charge in [-0.05, 0) is 85.3 Å². The van der Waals surface area contributed by atoms with Crippen LogP contribution in [-0.4, -0.2) is 52.8 Å². The summed E-state index contributed by atoms with van der Waals surface area (Å²) in [7, 11) is 1.66. The molecule has 12 rings (SSSR count). The molecule has 1 unspecified atom stereocenters. The molecule has 1 aliphatic carbocycles. The summed E-state index contributed by atoms with van der Waals surface area (Å²) in [5, 5.41) is 9.36. The maximum absolute atomic E-state index is 13.7. The Kier molecular flexibility index (Phi) is 10.9. The molecule has 0 radical (unpaired) electrons. The number of nitrogens with one attached hydrogen (secondary N) is 1. The number of thiazole rings is 2. The van der Waals surface area contributed by atoms with E-state index < -0.39 is 0 Å². The summed E-state index contributed by atoms with van der Waals surface area (Å²) in [6.07, 6.45) is 10.2. The second-order valence-electron chi connectivity index (χ2n) is 16.3. The summed E-state index contributed by atoms with van der Waals surface area (Å²) >= 11 is 3.00. The van der Waals surface area contributed by atoms with Crippen LogP contribution >= 0.6 is 22.7 Å². The van der Waals surface area contributed by atoms with E-state index in [1.54, 1.807) is 52.4 Å². The number of rotatable bonds is 10. The molecule has 1 fully saturated rings. The molecule has 14 nitrogen and oxygen atoms in total. The van der Waals surface area contributed by atoms with Gasteiger partial charge in [0.15, 0.2) is 11.5 Å². The van der Waals surface area contributed by atoms with E-state index in [1.165, 1.54) is 34.8 Å². The van der Waals surface area contributed by atoms with Crippen molar-refractivity contribution in [1.29, 1.82) is 0 Å². The number of benzene rings is 4. The number of para-hydroxylation sites is 2. The molecule has 0 spiro atoms. The van der Waals surface area contributed by atoms with Gasteiger partial charge in [-0.25, -0.2) is 9.97 Å². The van der Waals surface area contributed by atoms with Crippen LogP contribution in [0.4, 0.5) is 5.82 Å². The fourth-order valence-corrected chi connectivity index (χ4v) is 10.7. The van der Waals surface area contributed by atoms with E-state index in [1.807, 2.05) is 108 Å². The highest BCUT2D eigenvalue weighted by Crippen LogP contribution is 2.42. The number of ether oxygens (including phenoxy) is 2. The van der Waals surface area contributed by atoms with E-state index in [0.29, 0.717) is 46.3 Å². The molecule has 1 N–H and O–H groups in total. The number of pyridine rings is 1. The van der Waals surface area contributed by atoms with Crippen molar-refractivity contribution in [2.75, 3.05) is 12.4 Å². The quantitative estimate of drug-likeness (QED) is 0.141. The van der Waals surface area contributed by atoms with Gasteiger partial charge < -0.3 is 23.8 Å². The molecule has 0 saturated heterocycles. The second-order valence-corrected chi connectivity index (χ2v) is 18.3. The zero-order valence-corrected chi connectivity index (χ0v) is 37.3. The highest BCUT2D eigenvalue weighted by Gasteiger charge is 2.32. The highest BCUT2D eigenvalue weighted by atomic mass is 32.1. The van der Waals surface area contributed by atoms with E-state index >= 15 is 0 Å². The van der Waals surface area contributed by atoms with Crippen molar-refractivity contribution in [3.8, 4) is 21.8 Å². The molecule has 1 aliphatic heterocycles. The lowest BCUT2D eigenvalue weighted by atomic mass is 9.87. The average Bonchev–Trinajstić information content (AvgIpc) is 4.21. The van der Waals surface area contributed by atoms with Crippen molar-refractivity contribution in [2.45, 2.75) is 57.2 Å². The van der Waals surface area contributed by atoms with Gasteiger partial charge in [0, 0.05) is 30.2 Å². The Hall–Kier alpha value is -7.56. The predicted octanol–water partition coefficient (Wildman–Crippen LogP) is 9.54. The number of hydrogen-bond acceptors (Lipinski definition) is 11. The molecule has 16 heteroatoms. The van der Waals surface area contributed by atoms with Gasteiger partial charge >= 0.3 is 0 Å². The first kappa shape index (κ1) is 41.2. The van der Waals surface area contributed by atoms with Crippen molar-refractivity contribution >= 4 is 65.7 Å². The molecular weight excluding hydrogens is 873 g/mol. The fourth-order valence-electron chi connectivity index (χ4n) is 8.82.